The van der Waals surface area contributed by atoms with Gasteiger partial charge in [-0.05, 0) is 18.8 Å². The van der Waals surface area contributed by atoms with Crippen LogP contribution in [0.25, 0.3) is 0 Å². The molecule has 1 aromatic carbocycles. The van der Waals surface area contributed by atoms with Gasteiger partial charge >= 0.3 is 0 Å². The largest absolute Gasteiger partial charge is 0.289 e. The fraction of sp³-hybridized carbons (Fsp3) is 0.333. The van der Waals surface area contributed by atoms with Crippen molar-refractivity contribution >= 4 is 23.2 Å². The molecule has 0 heterocycles. The average molecular weight is 263 g/mol. The number of fused-ring (bicyclic) bond motifs is 1. The van der Waals surface area contributed by atoms with Gasteiger partial charge in [-0.1, -0.05) is 49.7 Å². The highest BCUT2D eigenvalue weighted by atomic mass is 35.5. The van der Waals surface area contributed by atoms with Crippen LogP contribution in [0.2, 0.25) is 0 Å². The van der Waals surface area contributed by atoms with Crippen molar-refractivity contribution in [1.29, 1.82) is 0 Å². The van der Waals surface area contributed by atoms with Crippen molar-refractivity contribution in [3.8, 4) is 0 Å². The van der Waals surface area contributed by atoms with Crippen molar-refractivity contribution in [3.05, 3.63) is 46.0 Å². The molecular formula is C15H15ClO2. The zero-order valence-corrected chi connectivity index (χ0v) is 11.3. The molecule has 0 spiro atoms. The van der Waals surface area contributed by atoms with Crippen molar-refractivity contribution < 1.29 is 9.59 Å². The molecular weight excluding hydrogens is 248 g/mol. The normalized spacial score (nSPS) is 15.3. The molecule has 3 heteroatoms. The van der Waals surface area contributed by atoms with Gasteiger partial charge in [0, 0.05) is 16.7 Å². The molecule has 0 bridgehead atoms. The summed E-state index contributed by atoms with van der Waals surface area (Å²) >= 11 is 6.05. The molecule has 0 atom stereocenters. The third-order valence-electron chi connectivity index (χ3n) is 3.13. The first-order chi connectivity index (χ1) is 8.52. The molecule has 0 unspecified atom stereocenters. The van der Waals surface area contributed by atoms with E-state index in [1.807, 2.05) is 0 Å². The predicted octanol–water partition coefficient (Wildman–Crippen LogP) is 3.99. The van der Waals surface area contributed by atoms with E-state index < -0.39 is 0 Å². The molecule has 94 valence electrons. The SMILES string of the molecule is CC(C)CCC1=C(Cl)C(=O)c2ccccc2C1=O. The molecule has 2 rings (SSSR count). The molecule has 1 aliphatic rings. The van der Waals surface area contributed by atoms with Crippen LogP contribution in [0.5, 0.6) is 0 Å². The molecule has 0 fully saturated rings. The van der Waals surface area contributed by atoms with E-state index in [1.54, 1.807) is 24.3 Å². The molecule has 0 N–H and O–H groups in total. The lowest BCUT2D eigenvalue weighted by molar-refractivity contribution is 0.0977. The second-order valence-electron chi connectivity index (χ2n) is 4.93. The molecule has 0 aliphatic heterocycles. The van der Waals surface area contributed by atoms with Gasteiger partial charge in [-0.15, -0.1) is 0 Å². The summed E-state index contributed by atoms with van der Waals surface area (Å²) in [7, 11) is 0. The topological polar surface area (TPSA) is 34.1 Å². The van der Waals surface area contributed by atoms with Crippen LogP contribution in [0.1, 0.15) is 47.4 Å². The highest BCUT2D eigenvalue weighted by Gasteiger charge is 2.30. The number of halogens is 1. The van der Waals surface area contributed by atoms with E-state index in [0.717, 1.165) is 6.42 Å². The van der Waals surface area contributed by atoms with Gasteiger partial charge in [-0.2, -0.15) is 0 Å². The minimum Gasteiger partial charge on any atom is -0.289 e. The summed E-state index contributed by atoms with van der Waals surface area (Å²) in [6, 6.07) is 6.85. The molecule has 1 aliphatic carbocycles. The average Bonchev–Trinajstić information content (AvgIpc) is 2.36. The third-order valence-corrected chi connectivity index (χ3v) is 3.53. The smallest absolute Gasteiger partial charge is 0.205 e. The lowest BCUT2D eigenvalue weighted by Gasteiger charge is -2.18. The van der Waals surface area contributed by atoms with Crippen molar-refractivity contribution in [1.82, 2.24) is 0 Å². The molecule has 1 aromatic rings. The Morgan fingerprint density at radius 3 is 2.17 bits per heavy atom. The molecule has 0 saturated heterocycles. The zero-order valence-electron chi connectivity index (χ0n) is 10.5. The van der Waals surface area contributed by atoms with E-state index in [2.05, 4.69) is 13.8 Å². The maximum absolute atomic E-state index is 12.3. The Kier molecular flexibility index (Phi) is 3.67. The monoisotopic (exact) mass is 262 g/mol. The first kappa shape index (κ1) is 13.0. The molecule has 18 heavy (non-hydrogen) atoms. The molecule has 0 aromatic heterocycles. The van der Waals surface area contributed by atoms with E-state index >= 15 is 0 Å². The van der Waals surface area contributed by atoms with Gasteiger partial charge in [-0.3, -0.25) is 9.59 Å². The Labute approximate surface area is 112 Å². The highest BCUT2D eigenvalue weighted by molar-refractivity contribution is 6.50. The van der Waals surface area contributed by atoms with Gasteiger partial charge in [0.05, 0.1) is 5.03 Å². The molecule has 0 saturated carbocycles. The number of Topliss-reactive ketones (excluding diaryl/α,β-unsaturated/α-hetero) is 2. The van der Waals surface area contributed by atoms with Crippen LogP contribution >= 0.6 is 11.6 Å². The number of benzene rings is 1. The number of hydrogen-bond acceptors (Lipinski definition) is 2. The maximum Gasteiger partial charge on any atom is 0.205 e. The van der Waals surface area contributed by atoms with Crippen LogP contribution in [0.15, 0.2) is 34.9 Å². The van der Waals surface area contributed by atoms with Gasteiger partial charge < -0.3 is 0 Å². The van der Waals surface area contributed by atoms with E-state index in [4.69, 9.17) is 11.6 Å². The van der Waals surface area contributed by atoms with Gasteiger partial charge in [0.25, 0.3) is 0 Å². The zero-order chi connectivity index (χ0) is 13.3. The van der Waals surface area contributed by atoms with Crippen LogP contribution in [0.3, 0.4) is 0 Å². The summed E-state index contributed by atoms with van der Waals surface area (Å²) in [5, 5.41) is 0.0966. The van der Waals surface area contributed by atoms with Gasteiger partial charge in [-0.25, -0.2) is 0 Å². The lowest BCUT2D eigenvalue weighted by atomic mass is 9.86. The van der Waals surface area contributed by atoms with Crippen LogP contribution in [-0.2, 0) is 0 Å². The van der Waals surface area contributed by atoms with Gasteiger partial charge in [0.2, 0.25) is 5.78 Å². The minimum atomic E-state index is -0.231. The Balaban J connectivity index is 2.40. The summed E-state index contributed by atoms with van der Waals surface area (Å²) in [4.78, 5) is 24.4. The number of allylic oxidation sites excluding steroid dienone is 2. The fourth-order valence-corrected chi connectivity index (χ4v) is 2.34. The van der Waals surface area contributed by atoms with E-state index in [9.17, 15) is 9.59 Å². The van der Waals surface area contributed by atoms with E-state index in [-0.39, 0.29) is 16.6 Å². The number of rotatable bonds is 3. The Morgan fingerprint density at radius 2 is 1.61 bits per heavy atom. The maximum atomic E-state index is 12.3. The van der Waals surface area contributed by atoms with Crippen molar-refractivity contribution in [2.24, 2.45) is 5.92 Å². The second-order valence-corrected chi connectivity index (χ2v) is 5.31. The molecule has 0 radical (unpaired) electrons. The highest BCUT2D eigenvalue weighted by Crippen LogP contribution is 2.31. The Hall–Kier alpha value is -1.41. The summed E-state index contributed by atoms with van der Waals surface area (Å²) < 4.78 is 0. The number of carbonyl (C=O) groups is 2. The minimum absolute atomic E-state index is 0.0966. The van der Waals surface area contributed by atoms with Crippen LogP contribution in [0.4, 0.5) is 0 Å². The first-order valence-corrected chi connectivity index (χ1v) is 6.47. The Bertz CT molecular complexity index is 541. The number of ketones is 2. The van der Waals surface area contributed by atoms with Crippen LogP contribution < -0.4 is 0 Å². The van der Waals surface area contributed by atoms with Gasteiger partial charge in [0.1, 0.15) is 0 Å². The molecule has 0 amide bonds. The van der Waals surface area contributed by atoms with Crippen LogP contribution in [0, 0.1) is 5.92 Å². The van der Waals surface area contributed by atoms with Crippen molar-refractivity contribution in [2.45, 2.75) is 26.7 Å². The summed E-state index contributed by atoms with van der Waals surface area (Å²) in [5.74, 6) is 0.142. The number of hydrogen-bond donors (Lipinski definition) is 0. The summed E-state index contributed by atoms with van der Waals surface area (Å²) in [6.45, 7) is 4.16. The third kappa shape index (κ3) is 2.25. The quantitative estimate of drug-likeness (QED) is 0.825. The lowest BCUT2D eigenvalue weighted by Crippen LogP contribution is -2.20. The first-order valence-electron chi connectivity index (χ1n) is 6.09. The molecule has 2 nitrogen and oxygen atoms in total. The predicted molar refractivity (Wildman–Crippen MR) is 72.1 cm³/mol. The summed E-state index contributed by atoms with van der Waals surface area (Å²) in [5.41, 5.74) is 1.36. The van der Waals surface area contributed by atoms with E-state index in [1.165, 1.54) is 0 Å². The summed E-state index contributed by atoms with van der Waals surface area (Å²) in [6.07, 6.45) is 1.42. The van der Waals surface area contributed by atoms with Crippen LogP contribution in [-0.4, -0.2) is 11.6 Å². The van der Waals surface area contributed by atoms with Gasteiger partial charge in [0.15, 0.2) is 5.78 Å². The number of carbonyl (C=O) groups excluding carboxylic acids is 2. The standard InChI is InChI=1S/C15H15ClO2/c1-9(2)7-8-12-13(16)15(18)11-6-4-3-5-10(11)14(12)17/h3-6,9H,7-8H2,1-2H3. The van der Waals surface area contributed by atoms with E-state index in [0.29, 0.717) is 29.0 Å². The fourth-order valence-electron chi connectivity index (χ4n) is 2.05. The Morgan fingerprint density at radius 1 is 1.06 bits per heavy atom. The van der Waals surface area contributed by atoms with Crippen molar-refractivity contribution in [3.63, 3.8) is 0 Å². The second kappa shape index (κ2) is 5.07. The van der Waals surface area contributed by atoms with Crippen molar-refractivity contribution in [2.75, 3.05) is 0 Å².